The first-order valence-electron chi connectivity index (χ1n) is 5.68. The zero-order valence-corrected chi connectivity index (χ0v) is 9.40. The Morgan fingerprint density at radius 3 is 2.47 bits per heavy atom. The van der Waals surface area contributed by atoms with E-state index in [1.54, 1.807) is 0 Å². The highest BCUT2D eigenvalue weighted by molar-refractivity contribution is 4.84. The van der Waals surface area contributed by atoms with Crippen molar-refractivity contribution in [3.8, 4) is 0 Å². The summed E-state index contributed by atoms with van der Waals surface area (Å²) in [6.45, 7) is 5.14. The maximum absolute atomic E-state index is 11.9. The summed E-state index contributed by atoms with van der Waals surface area (Å²) in [7, 11) is 0. The third-order valence-corrected chi connectivity index (χ3v) is 3.10. The Morgan fingerprint density at radius 1 is 1.40 bits per heavy atom. The zero-order chi connectivity index (χ0) is 11.5. The van der Waals surface area contributed by atoms with Crippen molar-refractivity contribution in [1.82, 2.24) is 5.32 Å². The molecule has 0 aromatic carbocycles. The van der Waals surface area contributed by atoms with Crippen molar-refractivity contribution in [2.45, 2.75) is 51.7 Å². The Hall–Kier alpha value is -0.250. The molecule has 1 aliphatic carbocycles. The highest BCUT2D eigenvalue weighted by Crippen LogP contribution is 2.36. The number of hydrogen-bond donors (Lipinski definition) is 1. The maximum Gasteiger partial charge on any atom is 0.389 e. The lowest BCUT2D eigenvalue weighted by atomic mass is 10.1. The molecule has 4 heteroatoms. The van der Waals surface area contributed by atoms with Gasteiger partial charge < -0.3 is 5.32 Å². The molecule has 90 valence electrons. The molecule has 0 amide bonds. The molecule has 0 aromatic rings. The van der Waals surface area contributed by atoms with E-state index in [0.717, 1.165) is 18.4 Å². The van der Waals surface area contributed by atoms with Gasteiger partial charge in [-0.2, -0.15) is 13.2 Å². The maximum atomic E-state index is 11.9. The molecule has 15 heavy (non-hydrogen) atoms. The number of alkyl halides is 3. The molecule has 0 radical (unpaired) electrons. The van der Waals surface area contributed by atoms with E-state index in [4.69, 9.17) is 0 Å². The van der Waals surface area contributed by atoms with Crippen molar-refractivity contribution in [3.05, 3.63) is 0 Å². The number of hydrogen-bond acceptors (Lipinski definition) is 1. The number of nitrogens with one attached hydrogen (secondary N) is 1. The van der Waals surface area contributed by atoms with Crippen LogP contribution in [0.3, 0.4) is 0 Å². The van der Waals surface area contributed by atoms with E-state index in [1.165, 1.54) is 6.42 Å². The second kappa shape index (κ2) is 5.19. The SMILES string of the molecule is CC(CCCC(F)(F)F)NCC1CC1C. The fourth-order valence-electron chi connectivity index (χ4n) is 1.75. The van der Waals surface area contributed by atoms with Crippen LogP contribution in [-0.2, 0) is 0 Å². The summed E-state index contributed by atoms with van der Waals surface area (Å²) >= 11 is 0. The van der Waals surface area contributed by atoms with E-state index >= 15 is 0 Å². The van der Waals surface area contributed by atoms with Crippen molar-refractivity contribution >= 4 is 0 Å². The summed E-state index contributed by atoms with van der Waals surface area (Å²) in [5, 5.41) is 3.29. The monoisotopic (exact) mass is 223 g/mol. The van der Waals surface area contributed by atoms with Crippen LogP contribution in [0.2, 0.25) is 0 Å². The highest BCUT2D eigenvalue weighted by atomic mass is 19.4. The van der Waals surface area contributed by atoms with E-state index < -0.39 is 12.6 Å². The molecule has 0 aliphatic heterocycles. The first-order chi connectivity index (χ1) is 6.88. The number of rotatable bonds is 6. The smallest absolute Gasteiger partial charge is 0.314 e. The first-order valence-corrected chi connectivity index (χ1v) is 5.68. The van der Waals surface area contributed by atoms with Crippen molar-refractivity contribution in [1.29, 1.82) is 0 Å². The molecule has 1 rings (SSSR count). The first kappa shape index (κ1) is 12.8. The molecular weight excluding hydrogens is 203 g/mol. The Bertz CT molecular complexity index is 191. The van der Waals surface area contributed by atoms with Gasteiger partial charge in [0.15, 0.2) is 0 Å². The molecular formula is C11H20F3N. The topological polar surface area (TPSA) is 12.0 Å². The summed E-state index contributed by atoms with van der Waals surface area (Å²) in [5.74, 6) is 1.56. The standard InChI is InChI=1S/C11H20F3N/c1-8-6-10(8)7-15-9(2)4-3-5-11(12,13)14/h8-10,15H,3-7H2,1-2H3. The van der Waals surface area contributed by atoms with Crippen LogP contribution < -0.4 is 5.32 Å². The lowest BCUT2D eigenvalue weighted by Gasteiger charge is -2.14. The molecule has 1 fully saturated rings. The summed E-state index contributed by atoms with van der Waals surface area (Å²) in [6, 6.07) is 0.208. The Balaban J connectivity index is 1.96. The summed E-state index contributed by atoms with van der Waals surface area (Å²) in [4.78, 5) is 0. The fraction of sp³-hybridized carbons (Fsp3) is 1.00. The molecule has 0 saturated heterocycles. The molecule has 1 nitrogen and oxygen atoms in total. The molecule has 0 bridgehead atoms. The van der Waals surface area contributed by atoms with E-state index in [9.17, 15) is 13.2 Å². The molecule has 0 spiro atoms. The van der Waals surface area contributed by atoms with Crippen LogP contribution in [0.15, 0.2) is 0 Å². The van der Waals surface area contributed by atoms with Crippen LogP contribution in [-0.4, -0.2) is 18.8 Å². The Labute approximate surface area is 89.4 Å². The minimum Gasteiger partial charge on any atom is -0.314 e. The molecule has 1 saturated carbocycles. The van der Waals surface area contributed by atoms with Crippen LogP contribution in [0.5, 0.6) is 0 Å². The predicted molar refractivity (Wildman–Crippen MR) is 54.6 cm³/mol. The van der Waals surface area contributed by atoms with Crippen molar-refractivity contribution in [3.63, 3.8) is 0 Å². The minimum atomic E-state index is -4.00. The van der Waals surface area contributed by atoms with Crippen LogP contribution in [0.4, 0.5) is 13.2 Å². The van der Waals surface area contributed by atoms with Crippen molar-refractivity contribution in [2.75, 3.05) is 6.54 Å². The Morgan fingerprint density at radius 2 is 2.00 bits per heavy atom. The second-order valence-electron chi connectivity index (χ2n) is 4.79. The van der Waals surface area contributed by atoms with Gasteiger partial charge in [0, 0.05) is 12.5 Å². The quantitative estimate of drug-likeness (QED) is 0.728. The fourth-order valence-corrected chi connectivity index (χ4v) is 1.75. The van der Waals surface area contributed by atoms with Gasteiger partial charge in [0.2, 0.25) is 0 Å². The van der Waals surface area contributed by atoms with E-state index in [2.05, 4.69) is 12.2 Å². The van der Waals surface area contributed by atoms with Crippen molar-refractivity contribution < 1.29 is 13.2 Å². The minimum absolute atomic E-state index is 0.208. The molecule has 3 unspecified atom stereocenters. The van der Waals surface area contributed by atoms with Crippen LogP contribution in [0, 0.1) is 11.8 Å². The lowest BCUT2D eigenvalue weighted by Crippen LogP contribution is -2.28. The van der Waals surface area contributed by atoms with Gasteiger partial charge in [-0.15, -0.1) is 0 Å². The van der Waals surface area contributed by atoms with Gasteiger partial charge in [0.1, 0.15) is 0 Å². The Kier molecular flexibility index (Phi) is 4.44. The average Bonchev–Trinajstić information content (AvgIpc) is 2.76. The van der Waals surface area contributed by atoms with Crippen molar-refractivity contribution in [2.24, 2.45) is 11.8 Å². The second-order valence-corrected chi connectivity index (χ2v) is 4.79. The van der Waals surface area contributed by atoms with Gasteiger partial charge in [-0.25, -0.2) is 0 Å². The molecule has 1 aliphatic rings. The van der Waals surface area contributed by atoms with Crippen LogP contribution >= 0.6 is 0 Å². The summed E-state index contributed by atoms with van der Waals surface area (Å²) in [5.41, 5.74) is 0. The molecule has 3 atom stereocenters. The van der Waals surface area contributed by atoms with Gasteiger partial charge >= 0.3 is 6.18 Å². The lowest BCUT2D eigenvalue weighted by molar-refractivity contribution is -0.135. The molecule has 0 aromatic heterocycles. The summed E-state index contributed by atoms with van der Waals surface area (Å²) in [6.07, 6.45) is -2.54. The molecule has 1 N–H and O–H groups in total. The zero-order valence-electron chi connectivity index (χ0n) is 9.40. The third-order valence-electron chi connectivity index (χ3n) is 3.10. The predicted octanol–water partition coefficient (Wildman–Crippen LogP) is 3.35. The van der Waals surface area contributed by atoms with Crippen LogP contribution in [0.25, 0.3) is 0 Å². The van der Waals surface area contributed by atoms with Gasteiger partial charge in [0.05, 0.1) is 0 Å². The van der Waals surface area contributed by atoms with Gasteiger partial charge in [-0.3, -0.25) is 0 Å². The largest absolute Gasteiger partial charge is 0.389 e. The van der Waals surface area contributed by atoms with E-state index in [-0.39, 0.29) is 12.5 Å². The van der Waals surface area contributed by atoms with E-state index in [1.807, 2.05) is 6.92 Å². The number of halogens is 3. The van der Waals surface area contributed by atoms with Gasteiger partial charge in [0.25, 0.3) is 0 Å². The van der Waals surface area contributed by atoms with E-state index in [0.29, 0.717) is 6.42 Å². The van der Waals surface area contributed by atoms with Gasteiger partial charge in [-0.1, -0.05) is 6.92 Å². The average molecular weight is 223 g/mol. The van der Waals surface area contributed by atoms with Crippen LogP contribution in [0.1, 0.15) is 39.5 Å². The molecule has 0 heterocycles. The third kappa shape index (κ3) is 6.03. The van der Waals surface area contributed by atoms with Gasteiger partial charge in [-0.05, 0) is 44.6 Å². The highest BCUT2D eigenvalue weighted by Gasteiger charge is 2.32. The normalized spacial score (nSPS) is 27.8. The summed E-state index contributed by atoms with van der Waals surface area (Å²) < 4.78 is 35.6.